The first kappa shape index (κ1) is 27.6. The fraction of sp³-hybridized carbons (Fsp3) is 0.593. The molecule has 12 heteroatoms. The highest BCUT2D eigenvalue weighted by Gasteiger charge is 2.42. The number of aliphatic hydroxyl groups is 1. The summed E-state index contributed by atoms with van der Waals surface area (Å²) in [5.41, 5.74) is 1.67. The van der Waals surface area contributed by atoms with Gasteiger partial charge in [-0.25, -0.2) is 14.4 Å². The van der Waals surface area contributed by atoms with E-state index in [1.807, 2.05) is 20.8 Å². The van der Waals surface area contributed by atoms with Gasteiger partial charge < -0.3 is 25.0 Å². The molecule has 8 nitrogen and oxygen atoms in total. The Labute approximate surface area is 224 Å². The maximum absolute atomic E-state index is 14.7. The number of halogens is 4. The lowest BCUT2D eigenvalue weighted by molar-refractivity contribution is -0.275. The van der Waals surface area contributed by atoms with E-state index in [0.29, 0.717) is 50.3 Å². The van der Waals surface area contributed by atoms with Crippen LogP contribution < -0.4 is 15.0 Å². The van der Waals surface area contributed by atoms with E-state index in [4.69, 9.17) is 0 Å². The lowest BCUT2D eigenvalue weighted by Crippen LogP contribution is -2.53. The van der Waals surface area contributed by atoms with Crippen molar-refractivity contribution in [1.29, 1.82) is 0 Å². The van der Waals surface area contributed by atoms with Gasteiger partial charge in [-0.3, -0.25) is 4.79 Å². The van der Waals surface area contributed by atoms with E-state index in [-0.39, 0.29) is 23.4 Å². The summed E-state index contributed by atoms with van der Waals surface area (Å²) in [4.78, 5) is 26.5. The van der Waals surface area contributed by atoms with Crippen LogP contribution in [0, 0.1) is 5.82 Å². The molecule has 2 fully saturated rings. The Hall–Kier alpha value is -2.99. The van der Waals surface area contributed by atoms with Crippen molar-refractivity contribution >= 4 is 11.7 Å². The van der Waals surface area contributed by atoms with Crippen LogP contribution >= 0.6 is 0 Å². The molecule has 3 aliphatic rings. The summed E-state index contributed by atoms with van der Waals surface area (Å²) >= 11 is 0. The van der Waals surface area contributed by atoms with E-state index in [0.717, 1.165) is 29.9 Å². The Morgan fingerprint density at radius 3 is 2.54 bits per heavy atom. The SMILES string of the molecule is C[C@@H]1C[C@@H](O)c2ncnc(N3CCN(C(=O)C(c4ccc(OC(F)(F)F)c(F)c4)C4CCC(C)(C)N4)CC3)c21. The minimum absolute atomic E-state index is 0.117. The van der Waals surface area contributed by atoms with E-state index in [2.05, 4.69) is 24.9 Å². The molecule has 2 saturated heterocycles. The maximum atomic E-state index is 14.7. The van der Waals surface area contributed by atoms with Crippen LogP contribution in [0.15, 0.2) is 24.5 Å². The van der Waals surface area contributed by atoms with Gasteiger partial charge in [0.15, 0.2) is 11.6 Å². The number of piperazine rings is 1. The van der Waals surface area contributed by atoms with Crippen molar-refractivity contribution in [1.82, 2.24) is 20.2 Å². The summed E-state index contributed by atoms with van der Waals surface area (Å²) in [6.07, 6.45) is -2.12. The second-order valence-electron chi connectivity index (χ2n) is 11.3. The third-order valence-corrected chi connectivity index (χ3v) is 8.04. The number of hydrogen-bond acceptors (Lipinski definition) is 7. The highest BCUT2D eigenvalue weighted by Crippen LogP contribution is 2.43. The largest absolute Gasteiger partial charge is 0.573 e. The van der Waals surface area contributed by atoms with Crippen LogP contribution in [0.2, 0.25) is 0 Å². The molecular weight excluding hydrogens is 518 g/mol. The van der Waals surface area contributed by atoms with E-state index < -0.39 is 30.0 Å². The van der Waals surface area contributed by atoms with Gasteiger partial charge in [0, 0.05) is 43.3 Å². The molecule has 1 aliphatic carbocycles. The van der Waals surface area contributed by atoms with Crippen LogP contribution in [0.3, 0.4) is 0 Å². The van der Waals surface area contributed by atoms with E-state index in [1.165, 1.54) is 12.4 Å². The number of alkyl halides is 3. The van der Waals surface area contributed by atoms with Crippen LogP contribution in [0.1, 0.15) is 74.8 Å². The number of nitrogens with zero attached hydrogens (tertiary/aromatic N) is 4. The molecule has 3 heterocycles. The molecule has 5 rings (SSSR count). The van der Waals surface area contributed by atoms with Crippen molar-refractivity contribution in [3.8, 4) is 5.75 Å². The Kier molecular flexibility index (Phi) is 7.21. The van der Waals surface area contributed by atoms with Crippen molar-refractivity contribution in [2.75, 3.05) is 31.1 Å². The lowest BCUT2D eigenvalue weighted by atomic mass is 9.88. The van der Waals surface area contributed by atoms with Crippen LogP contribution in [0.5, 0.6) is 5.75 Å². The van der Waals surface area contributed by atoms with Crippen molar-refractivity contribution in [3.63, 3.8) is 0 Å². The summed E-state index contributed by atoms with van der Waals surface area (Å²) in [6, 6.07) is 2.95. The molecule has 0 saturated carbocycles. The van der Waals surface area contributed by atoms with Gasteiger partial charge in [0.2, 0.25) is 5.91 Å². The minimum atomic E-state index is -5.02. The molecule has 2 aromatic rings. The number of rotatable bonds is 5. The number of carbonyl (C=O) groups is 1. The Morgan fingerprint density at radius 2 is 1.92 bits per heavy atom. The summed E-state index contributed by atoms with van der Waals surface area (Å²) in [6.45, 7) is 7.91. The molecule has 39 heavy (non-hydrogen) atoms. The Bertz CT molecular complexity index is 1230. The number of fused-ring (bicyclic) bond motifs is 1. The fourth-order valence-corrected chi connectivity index (χ4v) is 6.17. The van der Waals surface area contributed by atoms with Gasteiger partial charge in [-0.2, -0.15) is 0 Å². The van der Waals surface area contributed by atoms with Crippen molar-refractivity contribution < 1.29 is 32.2 Å². The van der Waals surface area contributed by atoms with Crippen molar-refractivity contribution in [2.24, 2.45) is 0 Å². The van der Waals surface area contributed by atoms with E-state index in [9.17, 15) is 27.5 Å². The molecule has 1 aromatic heterocycles. The van der Waals surface area contributed by atoms with Crippen LogP contribution in [0.4, 0.5) is 23.4 Å². The first-order valence-corrected chi connectivity index (χ1v) is 13.2. The van der Waals surface area contributed by atoms with E-state index in [1.54, 1.807) is 4.90 Å². The second kappa shape index (κ2) is 10.2. The molecule has 4 atom stereocenters. The Morgan fingerprint density at radius 1 is 1.21 bits per heavy atom. The summed E-state index contributed by atoms with van der Waals surface area (Å²) in [5, 5.41) is 13.8. The first-order chi connectivity index (χ1) is 18.3. The zero-order valence-corrected chi connectivity index (χ0v) is 22.1. The number of nitrogens with one attached hydrogen (secondary N) is 1. The van der Waals surface area contributed by atoms with Crippen molar-refractivity contribution in [2.45, 2.75) is 75.9 Å². The average molecular weight is 552 g/mol. The summed E-state index contributed by atoms with van der Waals surface area (Å²) in [5.74, 6) is -2.18. The normalized spacial score (nSPS) is 25.5. The monoisotopic (exact) mass is 551 g/mol. The molecule has 2 unspecified atom stereocenters. The third kappa shape index (κ3) is 5.67. The minimum Gasteiger partial charge on any atom is -0.403 e. The number of ether oxygens (including phenoxy) is 1. The van der Waals surface area contributed by atoms with Crippen molar-refractivity contribution in [3.05, 3.63) is 47.2 Å². The molecule has 2 aliphatic heterocycles. The smallest absolute Gasteiger partial charge is 0.403 e. The lowest BCUT2D eigenvalue weighted by Gasteiger charge is -2.39. The standard InChI is InChI=1S/C27H33F4N5O3/c1-15-12-19(37)23-21(15)24(33-14-32-23)35-8-10-36(11-9-35)25(38)22(18-6-7-26(2,3)34-18)16-4-5-20(17(28)13-16)39-27(29,30)31/h4-5,13-15,18-19,22,34,37H,6-12H2,1-3H3/t15-,18?,19-,22?/m1/s1. The molecule has 0 radical (unpaired) electrons. The number of hydrogen-bond donors (Lipinski definition) is 2. The second-order valence-corrected chi connectivity index (χ2v) is 11.3. The molecule has 0 spiro atoms. The number of benzene rings is 1. The van der Waals surface area contributed by atoms with Gasteiger partial charge in [-0.1, -0.05) is 13.0 Å². The maximum Gasteiger partial charge on any atom is 0.573 e. The predicted octanol–water partition coefficient (Wildman–Crippen LogP) is 4.02. The number of amides is 1. The van der Waals surface area contributed by atoms with Crippen LogP contribution in [-0.2, 0) is 4.79 Å². The summed E-state index contributed by atoms with van der Waals surface area (Å²) in [7, 11) is 0. The average Bonchev–Trinajstić information content (AvgIpc) is 3.37. The molecular formula is C27H33F4N5O3. The Balaban J connectivity index is 1.36. The number of aromatic nitrogens is 2. The zero-order valence-electron chi connectivity index (χ0n) is 22.1. The molecule has 1 aromatic carbocycles. The van der Waals surface area contributed by atoms with Gasteiger partial charge >= 0.3 is 6.36 Å². The number of anilines is 1. The summed E-state index contributed by atoms with van der Waals surface area (Å²) < 4.78 is 56.5. The van der Waals surface area contributed by atoms with E-state index >= 15 is 0 Å². The van der Waals surface area contributed by atoms with Gasteiger partial charge in [0.1, 0.15) is 12.1 Å². The van der Waals surface area contributed by atoms with Gasteiger partial charge in [0.05, 0.1) is 17.7 Å². The number of carbonyl (C=O) groups excluding carboxylic acids is 1. The highest BCUT2D eigenvalue weighted by molar-refractivity contribution is 5.85. The van der Waals surface area contributed by atoms with Gasteiger partial charge in [-0.15, -0.1) is 13.2 Å². The predicted molar refractivity (Wildman–Crippen MR) is 135 cm³/mol. The molecule has 212 valence electrons. The highest BCUT2D eigenvalue weighted by atomic mass is 19.4. The van der Waals surface area contributed by atoms with Gasteiger partial charge in [0.25, 0.3) is 0 Å². The molecule has 2 N–H and O–H groups in total. The number of aliphatic hydroxyl groups excluding tert-OH is 1. The first-order valence-electron chi connectivity index (χ1n) is 13.2. The zero-order chi connectivity index (χ0) is 28.1. The fourth-order valence-electron chi connectivity index (χ4n) is 6.17. The molecule has 1 amide bonds. The quantitative estimate of drug-likeness (QED) is 0.543. The van der Waals surface area contributed by atoms with Crippen LogP contribution in [-0.4, -0.2) is 70.0 Å². The molecule has 0 bridgehead atoms. The van der Waals surface area contributed by atoms with Crippen LogP contribution in [0.25, 0.3) is 0 Å². The van der Waals surface area contributed by atoms with Gasteiger partial charge in [-0.05, 0) is 56.7 Å². The third-order valence-electron chi connectivity index (χ3n) is 8.04. The topological polar surface area (TPSA) is 90.8 Å².